The molecule has 366 valence electrons. The maximum atomic E-state index is 12.9. The van der Waals surface area contributed by atoms with E-state index in [0.717, 1.165) is 38.5 Å². The van der Waals surface area contributed by atoms with Gasteiger partial charge in [0.2, 0.25) is 5.91 Å². The molecule has 3 N–H and O–H groups in total. The van der Waals surface area contributed by atoms with E-state index in [1.165, 1.54) is 186 Å². The quantitative estimate of drug-likeness (QED) is 0.0243. The van der Waals surface area contributed by atoms with E-state index in [1.807, 2.05) is 27.2 Å². The van der Waals surface area contributed by atoms with Crippen molar-refractivity contribution in [2.24, 2.45) is 0 Å². The molecule has 1 amide bonds. The van der Waals surface area contributed by atoms with E-state index in [-0.39, 0.29) is 19.1 Å². The molecular formula is C53H104N2O6P+. The van der Waals surface area contributed by atoms with Crippen molar-refractivity contribution < 1.29 is 32.9 Å². The molecule has 62 heavy (non-hydrogen) atoms. The zero-order valence-electron chi connectivity index (χ0n) is 41.6. The molecule has 0 saturated heterocycles. The van der Waals surface area contributed by atoms with Gasteiger partial charge in [-0.3, -0.25) is 13.8 Å². The molecule has 0 radical (unpaired) electrons. The first kappa shape index (κ1) is 60.7. The molecule has 0 heterocycles. The molecule has 0 fully saturated rings. The number of phosphoric ester groups is 1. The molecule has 8 nitrogen and oxygen atoms in total. The fourth-order valence-electron chi connectivity index (χ4n) is 7.64. The first-order chi connectivity index (χ1) is 30.0. The van der Waals surface area contributed by atoms with Crippen molar-refractivity contribution in [3.8, 4) is 0 Å². The summed E-state index contributed by atoms with van der Waals surface area (Å²) in [7, 11) is 1.56. The lowest BCUT2D eigenvalue weighted by molar-refractivity contribution is -0.870. The average molecular weight is 896 g/mol. The molecule has 0 aromatic rings. The molecule has 9 heteroatoms. The van der Waals surface area contributed by atoms with E-state index in [1.54, 1.807) is 6.08 Å². The molecule has 0 aliphatic carbocycles. The number of hydrogen-bond donors (Lipinski definition) is 3. The van der Waals surface area contributed by atoms with Gasteiger partial charge in [-0.2, -0.15) is 0 Å². The van der Waals surface area contributed by atoms with Gasteiger partial charge in [-0.15, -0.1) is 0 Å². The number of carbonyl (C=O) groups is 1. The minimum Gasteiger partial charge on any atom is -0.387 e. The van der Waals surface area contributed by atoms with Crippen molar-refractivity contribution in [2.75, 3.05) is 40.9 Å². The lowest BCUT2D eigenvalue weighted by atomic mass is 10.0. The number of unbranched alkanes of at least 4 members (excludes halogenated alkanes) is 31. The van der Waals surface area contributed by atoms with E-state index < -0.39 is 20.0 Å². The van der Waals surface area contributed by atoms with Crippen molar-refractivity contribution in [2.45, 2.75) is 257 Å². The van der Waals surface area contributed by atoms with Crippen LogP contribution in [0.4, 0.5) is 0 Å². The lowest BCUT2D eigenvalue weighted by Crippen LogP contribution is -2.45. The summed E-state index contributed by atoms with van der Waals surface area (Å²) >= 11 is 0. The highest BCUT2D eigenvalue weighted by atomic mass is 31.2. The Balaban J connectivity index is 4.34. The van der Waals surface area contributed by atoms with Crippen LogP contribution in [0, 0.1) is 0 Å². The topological polar surface area (TPSA) is 105 Å². The third-order valence-corrected chi connectivity index (χ3v) is 12.8. The molecule has 0 aromatic carbocycles. The molecule has 0 bridgehead atoms. The maximum absolute atomic E-state index is 12.9. The maximum Gasteiger partial charge on any atom is 0.472 e. The smallest absolute Gasteiger partial charge is 0.387 e. The van der Waals surface area contributed by atoms with Gasteiger partial charge < -0.3 is 19.8 Å². The van der Waals surface area contributed by atoms with Gasteiger partial charge in [0.05, 0.1) is 39.9 Å². The van der Waals surface area contributed by atoms with Crippen molar-refractivity contribution in [3.05, 3.63) is 36.5 Å². The minimum atomic E-state index is -4.35. The SMILES string of the molecule is CCCCCCCCCCCC/C=C\CCCCCCCCCC(=O)NC(COP(=O)(O)OCC[N+](C)(C)C)C(O)/C=C/CC/C=C/CCCCCCCCCCCCCCC. The van der Waals surface area contributed by atoms with E-state index in [0.29, 0.717) is 17.4 Å². The molecule has 0 spiro atoms. The zero-order valence-corrected chi connectivity index (χ0v) is 42.5. The Kier molecular flexibility index (Phi) is 44.0. The number of allylic oxidation sites excluding steroid dienone is 5. The first-order valence-electron chi connectivity index (χ1n) is 26.4. The number of carbonyl (C=O) groups excluding carboxylic acids is 1. The molecule has 0 saturated carbocycles. The highest BCUT2D eigenvalue weighted by Crippen LogP contribution is 2.43. The second kappa shape index (κ2) is 44.9. The molecule has 0 rings (SSSR count). The fourth-order valence-corrected chi connectivity index (χ4v) is 8.38. The molecule has 0 aromatic heterocycles. The summed E-state index contributed by atoms with van der Waals surface area (Å²) in [6.45, 7) is 4.81. The third kappa shape index (κ3) is 46.7. The molecule has 0 aliphatic rings. The number of likely N-dealkylation sites (N-methyl/N-ethyl adjacent to an activating group) is 1. The van der Waals surface area contributed by atoms with Crippen LogP contribution in [0.1, 0.15) is 245 Å². The van der Waals surface area contributed by atoms with E-state index >= 15 is 0 Å². The van der Waals surface area contributed by atoms with Crippen LogP contribution in [-0.2, 0) is 18.4 Å². The van der Waals surface area contributed by atoms with Gasteiger partial charge in [0.15, 0.2) is 0 Å². The van der Waals surface area contributed by atoms with E-state index in [4.69, 9.17) is 9.05 Å². The van der Waals surface area contributed by atoms with Crippen LogP contribution in [-0.4, -0.2) is 73.4 Å². The average Bonchev–Trinajstić information content (AvgIpc) is 3.23. The first-order valence-corrected chi connectivity index (χ1v) is 27.9. The lowest BCUT2D eigenvalue weighted by Gasteiger charge is -2.25. The zero-order chi connectivity index (χ0) is 45.7. The number of quaternary nitrogens is 1. The number of aliphatic hydroxyl groups is 1. The van der Waals surface area contributed by atoms with Crippen molar-refractivity contribution in [1.29, 1.82) is 0 Å². The molecule has 3 atom stereocenters. The van der Waals surface area contributed by atoms with Gasteiger partial charge in [-0.1, -0.05) is 217 Å². The van der Waals surface area contributed by atoms with Gasteiger partial charge in [-0.05, 0) is 57.8 Å². The highest BCUT2D eigenvalue weighted by Gasteiger charge is 2.27. The molecule has 3 unspecified atom stereocenters. The Morgan fingerprint density at radius 3 is 1.29 bits per heavy atom. The van der Waals surface area contributed by atoms with Crippen LogP contribution in [0.25, 0.3) is 0 Å². The number of phosphoric acid groups is 1. The van der Waals surface area contributed by atoms with Crippen LogP contribution in [0.3, 0.4) is 0 Å². The second-order valence-electron chi connectivity index (χ2n) is 19.2. The van der Waals surface area contributed by atoms with Crippen molar-refractivity contribution >= 4 is 13.7 Å². The largest absolute Gasteiger partial charge is 0.472 e. The summed E-state index contributed by atoms with van der Waals surface area (Å²) in [6, 6.07) is -0.865. The number of nitrogens with one attached hydrogen (secondary N) is 1. The number of rotatable bonds is 48. The van der Waals surface area contributed by atoms with Gasteiger partial charge in [0.1, 0.15) is 13.2 Å². The predicted octanol–water partition coefficient (Wildman–Crippen LogP) is 15.4. The van der Waals surface area contributed by atoms with Crippen molar-refractivity contribution in [3.63, 3.8) is 0 Å². The number of hydrogen-bond acceptors (Lipinski definition) is 5. The Labute approximate surface area is 385 Å². The number of nitrogens with zero attached hydrogens (tertiary/aromatic N) is 1. The van der Waals surface area contributed by atoms with Crippen LogP contribution in [0.2, 0.25) is 0 Å². The molecular weight excluding hydrogens is 792 g/mol. The standard InChI is InChI=1S/C53H103N2O6P/c1-6-8-10-12-14-16-18-20-22-24-26-27-29-31-33-35-37-39-41-43-45-47-53(57)54-51(50-61-62(58,59)60-49-48-55(3,4)5)52(56)46-44-42-40-38-36-34-32-30-28-25-23-21-19-17-15-13-11-9-7-2/h27,29,36,38,44,46,51-52,56H,6-26,28,30-35,37,39-43,45,47-50H2,1-5H3,(H-,54,57,58,59)/p+1/b29-27-,38-36+,46-44+. The van der Waals surface area contributed by atoms with Crippen LogP contribution in [0.5, 0.6) is 0 Å². The minimum absolute atomic E-state index is 0.0557. The van der Waals surface area contributed by atoms with E-state index in [9.17, 15) is 19.4 Å². The predicted molar refractivity (Wildman–Crippen MR) is 268 cm³/mol. The number of amides is 1. The van der Waals surface area contributed by atoms with Crippen molar-refractivity contribution in [1.82, 2.24) is 5.32 Å². The van der Waals surface area contributed by atoms with Crippen LogP contribution in [0.15, 0.2) is 36.5 Å². The Morgan fingerprint density at radius 1 is 0.532 bits per heavy atom. The summed E-state index contributed by atoms with van der Waals surface area (Å²) in [5, 5.41) is 13.9. The Morgan fingerprint density at radius 2 is 0.887 bits per heavy atom. The van der Waals surface area contributed by atoms with Crippen LogP contribution >= 0.6 is 7.82 Å². The van der Waals surface area contributed by atoms with Crippen LogP contribution < -0.4 is 5.32 Å². The highest BCUT2D eigenvalue weighted by molar-refractivity contribution is 7.47. The third-order valence-electron chi connectivity index (χ3n) is 11.8. The second-order valence-corrected chi connectivity index (χ2v) is 20.7. The summed E-state index contributed by atoms with van der Waals surface area (Å²) in [5.41, 5.74) is 0. The van der Waals surface area contributed by atoms with Gasteiger partial charge in [0, 0.05) is 6.42 Å². The monoisotopic (exact) mass is 896 g/mol. The summed E-state index contributed by atoms with van der Waals surface area (Å²) in [4.78, 5) is 23.2. The van der Waals surface area contributed by atoms with Gasteiger partial charge in [0.25, 0.3) is 0 Å². The molecule has 0 aliphatic heterocycles. The Hall–Kier alpha value is -1.28. The number of aliphatic hydroxyl groups excluding tert-OH is 1. The van der Waals surface area contributed by atoms with E-state index in [2.05, 4.69) is 43.5 Å². The van der Waals surface area contributed by atoms with Gasteiger partial charge >= 0.3 is 7.82 Å². The Bertz CT molecular complexity index is 1110. The fraction of sp³-hybridized carbons (Fsp3) is 0.868. The summed E-state index contributed by atoms with van der Waals surface area (Å²) in [5.74, 6) is -0.189. The van der Waals surface area contributed by atoms with Gasteiger partial charge in [-0.25, -0.2) is 4.57 Å². The normalized spacial score (nSPS) is 14.4. The summed E-state index contributed by atoms with van der Waals surface area (Å²) < 4.78 is 23.6. The summed E-state index contributed by atoms with van der Waals surface area (Å²) in [6.07, 6.45) is 56.6.